The third-order valence-electron chi connectivity index (χ3n) is 3.64. The highest BCUT2D eigenvalue weighted by atomic mass is 32.1. The molecule has 0 saturated heterocycles. The Morgan fingerprint density at radius 3 is 2.32 bits per heavy atom. The van der Waals surface area contributed by atoms with Gasteiger partial charge in [0.25, 0.3) is 11.8 Å². The molecule has 0 saturated carbocycles. The molecule has 7 heteroatoms. The van der Waals surface area contributed by atoms with E-state index >= 15 is 0 Å². The number of methoxy groups -OCH3 is 1. The molecule has 1 heterocycles. The number of aryl methyl sites for hydroxylation is 2. The number of anilines is 1. The number of nitrogens with one attached hydrogen (secondary N) is 2. The van der Waals surface area contributed by atoms with Gasteiger partial charge in [0.05, 0.1) is 18.4 Å². The highest BCUT2D eigenvalue weighted by molar-refractivity contribution is 7.14. The Labute approximate surface area is 150 Å². The summed E-state index contributed by atoms with van der Waals surface area (Å²) in [5.74, 6) is -0.833. The van der Waals surface area contributed by atoms with Crippen molar-refractivity contribution in [2.75, 3.05) is 19.0 Å². The van der Waals surface area contributed by atoms with E-state index in [2.05, 4.69) is 15.4 Å². The quantitative estimate of drug-likeness (QED) is 0.776. The Morgan fingerprint density at radius 1 is 1.08 bits per heavy atom. The van der Waals surface area contributed by atoms with Crippen LogP contribution in [-0.4, -0.2) is 31.4 Å². The third-order valence-corrected chi connectivity index (χ3v) is 4.79. The molecule has 0 aliphatic rings. The Balaban J connectivity index is 1.91. The van der Waals surface area contributed by atoms with Gasteiger partial charge < -0.3 is 15.4 Å². The molecular weight excluding hydrogens is 340 g/mol. The van der Waals surface area contributed by atoms with Crippen molar-refractivity contribution in [2.45, 2.75) is 20.3 Å². The summed E-state index contributed by atoms with van der Waals surface area (Å²) >= 11 is 1.45. The van der Waals surface area contributed by atoms with E-state index in [4.69, 9.17) is 0 Å². The summed E-state index contributed by atoms with van der Waals surface area (Å²) in [6.07, 6.45) is 0.121. The van der Waals surface area contributed by atoms with Crippen LogP contribution in [0.4, 0.5) is 5.69 Å². The molecule has 2 rings (SSSR count). The maximum Gasteiger partial charge on any atom is 0.307 e. The molecule has 0 spiro atoms. The molecule has 1 aromatic carbocycles. The summed E-state index contributed by atoms with van der Waals surface area (Å²) in [4.78, 5) is 36.9. The predicted molar refractivity (Wildman–Crippen MR) is 97.2 cm³/mol. The van der Waals surface area contributed by atoms with Crippen molar-refractivity contribution in [2.24, 2.45) is 0 Å². The average Bonchev–Trinajstić information content (AvgIpc) is 2.94. The minimum atomic E-state index is -0.377. The number of carbonyl (C=O) groups excluding carboxylic acids is 3. The predicted octanol–water partition coefficient (Wildman–Crippen LogP) is 2.91. The first kappa shape index (κ1) is 18.7. The van der Waals surface area contributed by atoms with Gasteiger partial charge in [-0.05, 0) is 49.7 Å². The van der Waals surface area contributed by atoms with Crippen LogP contribution in [0.25, 0.3) is 0 Å². The number of hydrogen-bond donors (Lipinski definition) is 2. The number of rotatable bonds is 6. The molecule has 0 fully saturated rings. The molecule has 1 aromatic heterocycles. The van der Waals surface area contributed by atoms with Crippen LogP contribution in [0.15, 0.2) is 30.3 Å². The third kappa shape index (κ3) is 5.15. The SMILES string of the molecule is COC(=O)CCNC(=O)c1ccc(NC(=O)c2cc(C)c(C)s2)cc1. The number of thiophene rings is 1. The molecule has 0 aliphatic carbocycles. The van der Waals surface area contributed by atoms with Crippen LogP contribution >= 0.6 is 11.3 Å². The van der Waals surface area contributed by atoms with Crippen molar-refractivity contribution in [3.05, 3.63) is 51.2 Å². The molecular formula is C18H20N2O4S. The number of esters is 1. The zero-order chi connectivity index (χ0) is 18.4. The van der Waals surface area contributed by atoms with Gasteiger partial charge in [-0.3, -0.25) is 14.4 Å². The molecule has 0 atom stereocenters. The number of carbonyl (C=O) groups is 3. The van der Waals surface area contributed by atoms with Crippen molar-refractivity contribution in [3.8, 4) is 0 Å². The van der Waals surface area contributed by atoms with Crippen LogP contribution in [0, 0.1) is 13.8 Å². The topological polar surface area (TPSA) is 84.5 Å². The molecule has 0 aliphatic heterocycles. The molecule has 2 aromatic rings. The summed E-state index contributed by atoms with van der Waals surface area (Å²) in [7, 11) is 1.30. The van der Waals surface area contributed by atoms with Gasteiger partial charge in [-0.15, -0.1) is 11.3 Å². The second kappa shape index (κ2) is 8.43. The second-order valence-electron chi connectivity index (χ2n) is 5.46. The van der Waals surface area contributed by atoms with Crippen LogP contribution in [0.2, 0.25) is 0 Å². The largest absolute Gasteiger partial charge is 0.469 e. The van der Waals surface area contributed by atoms with Gasteiger partial charge in [-0.1, -0.05) is 0 Å². The van der Waals surface area contributed by atoms with Crippen molar-refractivity contribution in [1.82, 2.24) is 5.32 Å². The first-order chi connectivity index (χ1) is 11.9. The Kier molecular flexibility index (Phi) is 6.30. The molecule has 0 radical (unpaired) electrons. The average molecular weight is 360 g/mol. The Hall–Kier alpha value is -2.67. The van der Waals surface area contributed by atoms with E-state index in [-0.39, 0.29) is 30.7 Å². The highest BCUT2D eigenvalue weighted by Crippen LogP contribution is 2.22. The smallest absolute Gasteiger partial charge is 0.307 e. The van der Waals surface area contributed by atoms with E-state index in [1.165, 1.54) is 18.4 Å². The lowest BCUT2D eigenvalue weighted by Crippen LogP contribution is -2.26. The highest BCUT2D eigenvalue weighted by Gasteiger charge is 2.11. The number of benzene rings is 1. The molecule has 0 bridgehead atoms. The second-order valence-corrected chi connectivity index (χ2v) is 6.72. The maximum atomic E-state index is 12.2. The van der Waals surface area contributed by atoms with Gasteiger partial charge in [0.2, 0.25) is 0 Å². The van der Waals surface area contributed by atoms with E-state index in [1.807, 2.05) is 19.9 Å². The van der Waals surface area contributed by atoms with Gasteiger partial charge in [0, 0.05) is 22.7 Å². The first-order valence-electron chi connectivity index (χ1n) is 7.74. The lowest BCUT2D eigenvalue weighted by atomic mass is 10.2. The van der Waals surface area contributed by atoms with Crippen LogP contribution in [-0.2, 0) is 9.53 Å². The summed E-state index contributed by atoms with van der Waals surface area (Å²) in [6.45, 7) is 4.15. The summed E-state index contributed by atoms with van der Waals surface area (Å²) in [5, 5.41) is 5.44. The fourth-order valence-corrected chi connectivity index (χ4v) is 2.99. The van der Waals surface area contributed by atoms with E-state index in [0.717, 1.165) is 10.4 Å². The van der Waals surface area contributed by atoms with Crippen LogP contribution in [0.3, 0.4) is 0 Å². The van der Waals surface area contributed by atoms with Crippen molar-refractivity contribution in [3.63, 3.8) is 0 Å². The normalized spacial score (nSPS) is 10.2. The van der Waals surface area contributed by atoms with Crippen LogP contribution in [0.5, 0.6) is 0 Å². The minimum absolute atomic E-state index is 0.121. The van der Waals surface area contributed by atoms with Crippen LogP contribution in [0.1, 0.15) is 36.9 Å². The van der Waals surface area contributed by atoms with E-state index in [9.17, 15) is 14.4 Å². The molecule has 6 nitrogen and oxygen atoms in total. The first-order valence-corrected chi connectivity index (χ1v) is 8.56. The molecule has 2 N–H and O–H groups in total. The summed E-state index contributed by atoms with van der Waals surface area (Å²) in [5.41, 5.74) is 2.15. The summed E-state index contributed by atoms with van der Waals surface area (Å²) < 4.78 is 4.51. The lowest BCUT2D eigenvalue weighted by molar-refractivity contribution is -0.140. The number of hydrogen-bond acceptors (Lipinski definition) is 5. The number of amides is 2. The van der Waals surface area contributed by atoms with Crippen molar-refractivity contribution < 1.29 is 19.1 Å². The fourth-order valence-electron chi connectivity index (χ4n) is 2.06. The fraction of sp³-hybridized carbons (Fsp3) is 0.278. The van der Waals surface area contributed by atoms with E-state index in [1.54, 1.807) is 24.3 Å². The van der Waals surface area contributed by atoms with Gasteiger partial charge in [0.1, 0.15) is 0 Å². The zero-order valence-corrected chi connectivity index (χ0v) is 15.2. The van der Waals surface area contributed by atoms with Crippen molar-refractivity contribution >= 4 is 34.8 Å². The van der Waals surface area contributed by atoms with E-state index < -0.39 is 0 Å². The van der Waals surface area contributed by atoms with Gasteiger partial charge in [0.15, 0.2) is 0 Å². The molecule has 25 heavy (non-hydrogen) atoms. The standard InChI is InChI=1S/C18H20N2O4S/c1-11-10-15(25-12(11)2)18(23)20-14-6-4-13(5-7-14)17(22)19-9-8-16(21)24-3/h4-7,10H,8-9H2,1-3H3,(H,19,22)(H,20,23). The van der Waals surface area contributed by atoms with Gasteiger partial charge >= 0.3 is 5.97 Å². The van der Waals surface area contributed by atoms with Crippen LogP contribution < -0.4 is 10.6 Å². The summed E-state index contributed by atoms with van der Waals surface area (Å²) in [6, 6.07) is 8.43. The van der Waals surface area contributed by atoms with Gasteiger partial charge in [-0.25, -0.2) is 0 Å². The van der Waals surface area contributed by atoms with Gasteiger partial charge in [-0.2, -0.15) is 0 Å². The Bertz CT molecular complexity index is 761. The van der Waals surface area contributed by atoms with E-state index in [0.29, 0.717) is 16.1 Å². The minimum Gasteiger partial charge on any atom is -0.469 e. The Morgan fingerprint density at radius 2 is 1.76 bits per heavy atom. The lowest BCUT2D eigenvalue weighted by Gasteiger charge is -2.07. The monoisotopic (exact) mass is 360 g/mol. The molecule has 2 amide bonds. The maximum absolute atomic E-state index is 12.2. The zero-order valence-electron chi connectivity index (χ0n) is 14.3. The molecule has 132 valence electrons. The van der Waals surface area contributed by atoms with Crippen molar-refractivity contribution in [1.29, 1.82) is 0 Å². The number of ether oxygens (including phenoxy) is 1. The molecule has 0 unspecified atom stereocenters.